The summed E-state index contributed by atoms with van der Waals surface area (Å²) >= 11 is 0. The monoisotopic (exact) mass is 792 g/mol. The fourth-order valence-electron chi connectivity index (χ4n) is 7.46. The maximum absolute atomic E-state index is 13.5. The molecule has 17 heteroatoms. The number of likely N-dealkylation sites (tertiary alicyclic amines) is 2. The van der Waals surface area contributed by atoms with Crippen LogP contribution in [0.2, 0.25) is 0 Å². The number of amides is 4. The summed E-state index contributed by atoms with van der Waals surface area (Å²) in [5.74, 6) is 0.275. The van der Waals surface area contributed by atoms with E-state index in [9.17, 15) is 32.3 Å². The highest BCUT2D eigenvalue weighted by atomic mass is 19.4. The van der Waals surface area contributed by atoms with Crippen LogP contribution in [0.15, 0.2) is 60.9 Å². The molecule has 304 valence electrons. The Balaban J connectivity index is 1.10. The second-order valence-electron chi connectivity index (χ2n) is 14.6. The minimum absolute atomic E-state index is 0.130. The van der Waals surface area contributed by atoms with E-state index in [1.807, 2.05) is 62.4 Å². The molecule has 4 heterocycles. The Morgan fingerprint density at radius 1 is 0.737 bits per heavy atom. The minimum Gasteiger partial charge on any atom is -0.453 e. The number of carbonyl (C=O) groups excluding carboxylic acids is 4. The van der Waals surface area contributed by atoms with Crippen LogP contribution in [0.5, 0.6) is 0 Å². The number of H-pyrrole nitrogens is 2. The van der Waals surface area contributed by atoms with E-state index in [4.69, 9.17) is 4.74 Å². The zero-order valence-corrected chi connectivity index (χ0v) is 32.2. The van der Waals surface area contributed by atoms with Crippen molar-refractivity contribution in [3.63, 3.8) is 0 Å². The van der Waals surface area contributed by atoms with Crippen molar-refractivity contribution in [2.24, 2.45) is 5.92 Å². The highest BCUT2D eigenvalue weighted by Crippen LogP contribution is 2.35. The van der Waals surface area contributed by atoms with Gasteiger partial charge >= 0.3 is 18.4 Å². The number of ether oxygens (including phenoxy) is 2. The highest BCUT2D eigenvalue weighted by molar-refractivity contribution is 5.87. The molecule has 2 aliphatic rings. The van der Waals surface area contributed by atoms with Gasteiger partial charge in [-0.2, -0.15) is 13.2 Å². The van der Waals surface area contributed by atoms with Gasteiger partial charge in [-0.25, -0.2) is 19.6 Å². The van der Waals surface area contributed by atoms with Gasteiger partial charge in [0.05, 0.1) is 50.1 Å². The highest BCUT2D eigenvalue weighted by Gasteiger charge is 2.39. The van der Waals surface area contributed by atoms with Gasteiger partial charge in [-0.3, -0.25) is 9.59 Å². The van der Waals surface area contributed by atoms with Gasteiger partial charge in [0.1, 0.15) is 23.7 Å². The Hall–Kier alpha value is -5.87. The van der Waals surface area contributed by atoms with Crippen LogP contribution in [0.25, 0.3) is 33.6 Å². The normalized spacial score (nSPS) is 18.0. The van der Waals surface area contributed by atoms with Crippen LogP contribution in [0.3, 0.4) is 0 Å². The molecule has 1 unspecified atom stereocenters. The lowest BCUT2D eigenvalue weighted by Crippen LogP contribution is -2.51. The molecule has 4 amide bonds. The van der Waals surface area contributed by atoms with Gasteiger partial charge < -0.3 is 39.9 Å². The number of halogens is 3. The number of imidazole rings is 2. The van der Waals surface area contributed by atoms with Gasteiger partial charge in [-0.1, -0.05) is 62.4 Å². The number of aromatic nitrogens is 4. The van der Waals surface area contributed by atoms with E-state index in [0.29, 0.717) is 43.3 Å². The number of nitrogens with one attached hydrogen (secondary N) is 4. The molecule has 4 atom stereocenters. The Bertz CT molecular complexity index is 2030. The zero-order chi connectivity index (χ0) is 40.9. The van der Waals surface area contributed by atoms with Gasteiger partial charge in [0, 0.05) is 19.5 Å². The number of alkyl carbamates (subject to hydrolysis) is 2. The number of nitrogens with zero attached hydrogens (tertiary/aromatic N) is 4. The van der Waals surface area contributed by atoms with Crippen molar-refractivity contribution in [2.75, 3.05) is 27.3 Å². The summed E-state index contributed by atoms with van der Waals surface area (Å²) < 4.78 is 48.3. The summed E-state index contributed by atoms with van der Waals surface area (Å²) in [6.07, 6.45) is -1.77. The summed E-state index contributed by atoms with van der Waals surface area (Å²) in [6, 6.07) is 13.1. The topological polar surface area (TPSA) is 175 Å². The predicted molar refractivity (Wildman–Crippen MR) is 203 cm³/mol. The number of methoxy groups -OCH3 is 2. The standard InChI is InChI=1S/C40H47F3N8O6/c1-23(2)33(49-39(55)57-4)37(53)51-20-6-8-32(51)35-45-22-30(47-35)27-15-11-25(12-16-27)24-9-13-26(14-10-24)29-21-44-34(46-29)31-7-5-19-50(31)36(52)28(48-38(54)56-3)17-18-40(41,42)43/h9-16,21-23,28,31-33H,5-8,17-20H2,1-4H3,(H,44,46)(H,45,47)(H,48,54)(H,49,55)/t28-,31-,32-,33?/m0/s1. The smallest absolute Gasteiger partial charge is 0.407 e. The van der Waals surface area contributed by atoms with Crippen molar-refractivity contribution in [1.82, 2.24) is 40.4 Å². The van der Waals surface area contributed by atoms with E-state index in [2.05, 4.69) is 35.3 Å². The molecule has 2 aromatic heterocycles. The first kappa shape index (κ1) is 40.8. The lowest BCUT2D eigenvalue weighted by Gasteiger charge is -2.30. The van der Waals surface area contributed by atoms with Gasteiger partial charge in [-0.05, 0) is 60.3 Å². The summed E-state index contributed by atoms with van der Waals surface area (Å²) in [6.45, 7) is 4.64. The van der Waals surface area contributed by atoms with Crippen molar-refractivity contribution in [3.8, 4) is 33.6 Å². The number of benzene rings is 2. The molecule has 57 heavy (non-hydrogen) atoms. The molecule has 4 N–H and O–H groups in total. The third-order valence-electron chi connectivity index (χ3n) is 10.5. The number of hydrogen-bond acceptors (Lipinski definition) is 8. The molecule has 2 aromatic carbocycles. The molecule has 4 aromatic rings. The minimum atomic E-state index is -4.49. The first-order valence-corrected chi connectivity index (χ1v) is 18.9. The molecule has 0 saturated carbocycles. The molecule has 2 fully saturated rings. The second-order valence-corrected chi connectivity index (χ2v) is 14.6. The van der Waals surface area contributed by atoms with Gasteiger partial charge in [0.15, 0.2) is 0 Å². The first-order valence-electron chi connectivity index (χ1n) is 18.9. The Kier molecular flexibility index (Phi) is 12.5. The van der Waals surface area contributed by atoms with Gasteiger partial charge in [0.2, 0.25) is 11.8 Å². The summed E-state index contributed by atoms with van der Waals surface area (Å²) in [7, 11) is 2.35. The molecule has 2 aliphatic heterocycles. The van der Waals surface area contributed by atoms with Gasteiger partial charge in [-0.15, -0.1) is 0 Å². The molecular weight excluding hydrogens is 745 g/mol. The van der Waals surface area contributed by atoms with E-state index < -0.39 is 55.2 Å². The van der Waals surface area contributed by atoms with Crippen LogP contribution in [-0.4, -0.2) is 99.3 Å². The molecule has 2 saturated heterocycles. The van der Waals surface area contributed by atoms with E-state index in [0.717, 1.165) is 47.9 Å². The molecule has 0 bridgehead atoms. The molecule has 0 radical (unpaired) electrons. The number of carbonyl (C=O) groups is 4. The van der Waals surface area contributed by atoms with Crippen LogP contribution in [0.1, 0.15) is 76.1 Å². The summed E-state index contributed by atoms with van der Waals surface area (Å²) in [5, 5.41) is 4.94. The number of aromatic amines is 2. The van der Waals surface area contributed by atoms with Crippen molar-refractivity contribution in [2.45, 2.75) is 82.7 Å². The third-order valence-corrected chi connectivity index (χ3v) is 10.5. The first-order chi connectivity index (χ1) is 27.3. The number of rotatable bonds is 12. The summed E-state index contributed by atoms with van der Waals surface area (Å²) in [5.41, 5.74) is 5.27. The lowest BCUT2D eigenvalue weighted by atomic mass is 10.0. The van der Waals surface area contributed by atoms with Crippen LogP contribution in [-0.2, 0) is 19.1 Å². The molecule has 14 nitrogen and oxygen atoms in total. The fraction of sp³-hybridized carbons (Fsp3) is 0.450. The van der Waals surface area contributed by atoms with Crippen molar-refractivity contribution >= 4 is 24.0 Å². The number of alkyl halides is 3. The largest absolute Gasteiger partial charge is 0.453 e. The second kappa shape index (κ2) is 17.5. The molecule has 0 spiro atoms. The van der Waals surface area contributed by atoms with Gasteiger partial charge in [0.25, 0.3) is 0 Å². The van der Waals surface area contributed by atoms with E-state index >= 15 is 0 Å². The van der Waals surface area contributed by atoms with Crippen LogP contribution < -0.4 is 10.6 Å². The predicted octanol–water partition coefficient (Wildman–Crippen LogP) is 6.91. The van der Waals surface area contributed by atoms with E-state index in [1.165, 1.54) is 12.0 Å². The van der Waals surface area contributed by atoms with Crippen molar-refractivity contribution in [3.05, 3.63) is 72.6 Å². The summed E-state index contributed by atoms with van der Waals surface area (Å²) in [4.78, 5) is 69.8. The van der Waals surface area contributed by atoms with Crippen LogP contribution in [0.4, 0.5) is 22.8 Å². The van der Waals surface area contributed by atoms with E-state index in [-0.39, 0.29) is 17.9 Å². The quantitative estimate of drug-likeness (QED) is 0.120. The maximum Gasteiger partial charge on any atom is 0.407 e. The number of hydrogen-bond donors (Lipinski definition) is 4. The zero-order valence-electron chi connectivity index (χ0n) is 32.2. The van der Waals surface area contributed by atoms with Crippen LogP contribution in [0, 0.1) is 5.92 Å². The van der Waals surface area contributed by atoms with Crippen molar-refractivity contribution in [1.29, 1.82) is 0 Å². The molecule has 6 rings (SSSR count). The molecular formula is C40H47F3N8O6. The fourth-order valence-corrected chi connectivity index (χ4v) is 7.46. The third kappa shape index (κ3) is 9.57. The lowest BCUT2D eigenvalue weighted by molar-refractivity contribution is -0.143. The molecule has 0 aliphatic carbocycles. The SMILES string of the molecule is COC(=O)NC(C(=O)N1CCC[C@H]1c1ncc(-c2ccc(-c3ccc(-c4cnc([C@@H]5CCCN5C(=O)[C@H](CCC(F)(F)F)NC(=O)OC)[nH]4)cc3)cc2)[nH]1)C(C)C. The Morgan fingerprint density at radius 2 is 1.18 bits per heavy atom. The maximum atomic E-state index is 13.5. The average Bonchev–Trinajstić information content (AvgIpc) is 4.04. The van der Waals surface area contributed by atoms with E-state index in [1.54, 1.807) is 17.3 Å². The van der Waals surface area contributed by atoms with Crippen molar-refractivity contribution < 1.29 is 41.8 Å². The average molecular weight is 793 g/mol. The Morgan fingerprint density at radius 3 is 1.61 bits per heavy atom. The Labute approximate surface area is 327 Å². The van der Waals surface area contributed by atoms with Crippen LogP contribution >= 0.6 is 0 Å².